The molecule has 0 amide bonds. The Morgan fingerprint density at radius 2 is 1.83 bits per heavy atom. The summed E-state index contributed by atoms with van der Waals surface area (Å²) in [7, 11) is 0. The molecule has 0 saturated carbocycles. The highest BCUT2D eigenvalue weighted by atomic mass is 79.9. The van der Waals surface area contributed by atoms with Gasteiger partial charge in [-0.1, -0.05) is 99.4 Å². The first kappa shape index (κ1) is 14.4. The predicted molar refractivity (Wildman–Crippen MR) is 73.9 cm³/mol. The molecule has 73 valence electrons. The Balaban J connectivity index is 3.97. The Bertz CT molecular complexity index is 123. The molecule has 0 bridgehead atoms. The number of hydrogen-bond acceptors (Lipinski definition) is 0. The first-order chi connectivity index (χ1) is 5.42. The van der Waals surface area contributed by atoms with Crippen molar-refractivity contribution >= 4 is 79.6 Å². The molecule has 0 aromatic rings. The fourth-order valence-electron chi connectivity index (χ4n) is 0.683. The van der Waals surface area contributed by atoms with E-state index in [1.165, 1.54) is 12.8 Å². The van der Waals surface area contributed by atoms with E-state index in [1.54, 1.807) is 0 Å². The minimum atomic E-state index is -0.199. The Kier molecular flexibility index (Phi) is 8.17. The average molecular weight is 494 g/mol. The molecule has 0 rings (SSSR count). The van der Waals surface area contributed by atoms with Crippen molar-refractivity contribution in [2.24, 2.45) is 0 Å². The Morgan fingerprint density at radius 3 is 2.17 bits per heavy atom. The maximum Gasteiger partial charge on any atom is 0.134 e. The Morgan fingerprint density at radius 1 is 1.33 bits per heavy atom. The van der Waals surface area contributed by atoms with Crippen molar-refractivity contribution in [1.82, 2.24) is 0 Å². The minimum Gasteiger partial charge on any atom is -0.0865 e. The fraction of sp³-hybridized carbons (Fsp3) is 0.857. The van der Waals surface area contributed by atoms with Gasteiger partial charge in [0.15, 0.2) is 0 Å². The Labute approximate surface area is 116 Å². The van der Waals surface area contributed by atoms with Gasteiger partial charge in [-0.25, -0.2) is 0 Å². The van der Waals surface area contributed by atoms with E-state index in [1.807, 2.05) is 0 Å². The molecule has 1 radical (unpaired) electrons. The van der Waals surface area contributed by atoms with E-state index in [0.717, 1.165) is 10.2 Å². The molecule has 0 nitrogen and oxygen atoms in total. The highest BCUT2D eigenvalue weighted by Crippen LogP contribution is 2.50. The van der Waals surface area contributed by atoms with Crippen LogP contribution in [0.15, 0.2) is 0 Å². The van der Waals surface area contributed by atoms with Crippen LogP contribution in [0.5, 0.6) is 0 Å². The molecule has 0 aliphatic carbocycles. The van der Waals surface area contributed by atoms with Crippen molar-refractivity contribution in [1.29, 1.82) is 0 Å². The van der Waals surface area contributed by atoms with Gasteiger partial charge in [0, 0.05) is 4.83 Å². The lowest BCUT2D eigenvalue weighted by atomic mass is 10.2. The van der Waals surface area contributed by atoms with E-state index in [-0.39, 0.29) is 3.23 Å². The van der Waals surface area contributed by atoms with Crippen molar-refractivity contribution in [3.05, 3.63) is 3.74 Å². The lowest BCUT2D eigenvalue weighted by Crippen LogP contribution is -2.26. The van der Waals surface area contributed by atoms with E-state index in [2.05, 4.69) is 86.6 Å². The van der Waals surface area contributed by atoms with E-state index in [0.29, 0.717) is 4.83 Å². The smallest absolute Gasteiger partial charge is 0.0865 e. The molecule has 0 saturated heterocycles. The van der Waals surface area contributed by atoms with Crippen LogP contribution in [0.2, 0.25) is 0 Å². The van der Waals surface area contributed by atoms with Crippen LogP contribution in [0.1, 0.15) is 26.2 Å². The molecule has 5 heteroatoms. The topological polar surface area (TPSA) is 0 Å². The monoisotopic (exact) mass is 489 g/mol. The van der Waals surface area contributed by atoms with Gasteiger partial charge in [0.25, 0.3) is 0 Å². The molecular formula is C7H10Br5. The second kappa shape index (κ2) is 6.81. The van der Waals surface area contributed by atoms with Gasteiger partial charge in [0.05, 0.1) is 0 Å². The maximum absolute atomic E-state index is 3.63. The summed E-state index contributed by atoms with van der Waals surface area (Å²) in [6.45, 7) is 2.19. The molecule has 0 aliphatic rings. The first-order valence-electron chi connectivity index (χ1n) is 3.63. The van der Waals surface area contributed by atoms with Crippen LogP contribution in [0, 0.1) is 3.74 Å². The summed E-state index contributed by atoms with van der Waals surface area (Å²) in [6, 6.07) is 0. The summed E-state index contributed by atoms with van der Waals surface area (Å²) in [5.74, 6) is 0. The number of rotatable bonds is 5. The quantitative estimate of drug-likeness (QED) is 0.431. The van der Waals surface area contributed by atoms with Crippen molar-refractivity contribution in [2.75, 3.05) is 0 Å². The van der Waals surface area contributed by atoms with Crippen LogP contribution in [0.4, 0.5) is 0 Å². The van der Waals surface area contributed by atoms with Crippen molar-refractivity contribution in [2.45, 2.75) is 34.2 Å². The van der Waals surface area contributed by atoms with Crippen LogP contribution >= 0.6 is 79.6 Å². The van der Waals surface area contributed by atoms with Gasteiger partial charge in [-0.2, -0.15) is 0 Å². The maximum atomic E-state index is 3.63. The predicted octanol–water partition coefficient (Wildman–Crippen LogP) is 5.71. The van der Waals surface area contributed by atoms with Crippen LogP contribution in [0.25, 0.3) is 0 Å². The molecule has 1 unspecified atom stereocenters. The molecule has 0 spiro atoms. The molecule has 0 fully saturated rings. The van der Waals surface area contributed by atoms with Crippen LogP contribution < -0.4 is 0 Å². The molecule has 1 atom stereocenters. The number of halogens is 5. The molecule has 0 aliphatic heterocycles. The van der Waals surface area contributed by atoms with E-state index < -0.39 is 0 Å². The fourth-order valence-corrected chi connectivity index (χ4v) is 2.86. The molecule has 12 heavy (non-hydrogen) atoms. The van der Waals surface area contributed by atoms with Gasteiger partial charge in [0.1, 0.15) is 6.97 Å². The van der Waals surface area contributed by atoms with Crippen LogP contribution in [-0.2, 0) is 0 Å². The van der Waals surface area contributed by atoms with Crippen LogP contribution in [0.3, 0.4) is 0 Å². The van der Waals surface area contributed by atoms with Gasteiger partial charge in [-0.05, 0) is 6.42 Å². The number of unbranched alkanes of at least 4 members (excludes halogenated alkanes) is 1. The Hall–Kier alpha value is 2.40. The minimum absolute atomic E-state index is 0.199. The van der Waals surface area contributed by atoms with E-state index >= 15 is 0 Å². The zero-order valence-corrected chi connectivity index (χ0v) is 14.5. The van der Waals surface area contributed by atoms with Gasteiger partial charge in [0.2, 0.25) is 0 Å². The lowest BCUT2D eigenvalue weighted by Gasteiger charge is -2.27. The van der Waals surface area contributed by atoms with Gasteiger partial charge in [-0.3, -0.25) is 0 Å². The molecule has 0 aromatic carbocycles. The van der Waals surface area contributed by atoms with Crippen molar-refractivity contribution in [3.8, 4) is 0 Å². The third-order valence-electron chi connectivity index (χ3n) is 1.46. The summed E-state index contributed by atoms with van der Waals surface area (Å²) in [4.78, 5) is 0.374. The van der Waals surface area contributed by atoms with Crippen LogP contribution in [-0.4, -0.2) is 8.06 Å². The largest absolute Gasteiger partial charge is 0.134 e. The summed E-state index contributed by atoms with van der Waals surface area (Å²) < 4.78 is 0.773. The van der Waals surface area contributed by atoms with Crippen molar-refractivity contribution < 1.29 is 0 Å². The second-order valence-corrected chi connectivity index (χ2v) is 9.81. The van der Waals surface area contributed by atoms with Gasteiger partial charge in [-0.15, -0.1) is 0 Å². The number of alkyl halides is 3. The zero-order chi connectivity index (χ0) is 9.78. The SMILES string of the molecule is CCCCC(Br)C(Br)(Br)[C](Br)Br. The molecule has 0 heterocycles. The summed E-state index contributed by atoms with van der Waals surface area (Å²) in [5.41, 5.74) is 0. The highest BCUT2D eigenvalue weighted by molar-refractivity contribution is 9.32. The summed E-state index contributed by atoms with van der Waals surface area (Å²) >= 11 is 17.6. The van der Waals surface area contributed by atoms with E-state index in [4.69, 9.17) is 0 Å². The average Bonchev–Trinajstić information content (AvgIpc) is 1.99. The van der Waals surface area contributed by atoms with E-state index in [9.17, 15) is 0 Å². The second-order valence-electron chi connectivity index (χ2n) is 2.49. The van der Waals surface area contributed by atoms with Crippen molar-refractivity contribution in [3.63, 3.8) is 0 Å². The third-order valence-corrected chi connectivity index (χ3v) is 9.11. The summed E-state index contributed by atoms with van der Waals surface area (Å²) in [5, 5.41) is 0. The van der Waals surface area contributed by atoms with Gasteiger partial charge >= 0.3 is 0 Å². The zero-order valence-electron chi connectivity index (χ0n) is 6.59. The summed E-state index contributed by atoms with van der Waals surface area (Å²) in [6.07, 6.45) is 3.58. The molecule has 0 aromatic heterocycles. The third kappa shape index (κ3) is 4.76. The van der Waals surface area contributed by atoms with Gasteiger partial charge < -0.3 is 0 Å². The first-order valence-corrected chi connectivity index (χ1v) is 7.72. The highest BCUT2D eigenvalue weighted by Gasteiger charge is 2.37. The lowest BCUT2D eigenvalue weighted by molar-refractivity contribution is 0.689. The standard InChI is InChI=1S/C7H10Br5/c1-2-3-4-5(8)7(11,12)6(9)10/h5H,2-4H2,1H3. The molecule has 0 N–H and O–H groups in total. The number of hydrogen-bond donors (Lipinski definition) is 0. The normalized spacial score (nSPS) is 15.2. The molecular weight excluding hydrogens is 484 g/mol.